The van der Waals surface area contributed by atoms with Crippen LogP contribution < -0.4 is 0 Å². The summed E-state index contributed by atoms with van der Waals surface area (Å²) in [6.07, 6.45) is 9.05. The van der Waals surface area contributed by atoms with Crippen LogP contribution in [0, 0.1) is 12.8 Å². The van der Waals surface area contributed by atoms with Crippen molar-refractivity contribution in [3.05, 3.63) is 82.2 Å². The molecule has 2 aliphatic heterocycles. The zero-order valence-electron chi connectivity index (χ0n) is 26.2. The van der Waals surface area contributed by atoms with Gasteiger partial charge in [0, 0.05) is 56.7 Å². The minimum Gasteiger partial charge on any atom is -0.444 e. The molecule has 1 aromatic carbocycles. The molecular formula is C34H43ClN6O3. The van der Waals surface area contributed by atoms with Gasteiger partial charge in [-0.3, -0.25) is 19.6 Å². The number of halogens is 1. The van der Waals surface area contributed by atoms with Crippen LogP contribution in [-0.4, -0.2) is 85.6 Å². The fourth-order valence-corrected chi connectivity index (χ4v) is 7.23. The first-order chi connectivity index (χ1) is 21.1. The molecule has 1 unspecified atom stereocenters. The fraction of sp³-hybridized carbons (Fsp3) is 0.529. The van der Waals surface area contributed by atoms with E-state index >= 15 is 0 Å². The fourth-order valence-electron chi connectivity index (χ4n) is 7.04. The van der Waals surface area contributed by atoms with E-state index in [1.54, 1.807) is 4.90 Å². The zero-order chi connectivity index (χ0) is 31.0. The molecule has 2 fully saturated rings. The number of piperidine rings is 1. The number of likely N-dealkylation sites (tertiary alicyclic amines) is 1. The van der Waals surface area contributed by atoms with Gasteiger partial charge in [-0.1, -0.05) is 23.7 Å². The number of amides is 2. The third-order valence-electron chi connectivity index (χ3n) is 9.00. The first-order valence-electron chi connectivity index (χ1n) is 15.8. The van der Waals surface area contributed by atoms with E-state index < -0.39 is 17.7 Å². The molecule has 0 saturated carbocycles. The van der Waals surface area contributed by atoms with Gasteiger partial charge in [-0.25, -0.2) is 9.78 Å². The maximum atomic E-state index is 14.5. The molecule has 0 spiro atoms. The van der Waals surface area contributed by atoms with Crippen molar-refractivity contribution in [3.63, 3.8) is 0 Å². The molecule has 234 valence electrons. The Morgan fingerprint density at radius 1 is 1.05 bits per heavy atom. The van der Waals surface area contributed by atoms with Crippen LogP contribution in [0.2, 0.25) is 5.02 Å². The van der Waals surface area contributed by atoms with E-state index in [2.05, 4.69) is 32.7 Å². The lowest BCUT2D eigenvalue weighted by molar-refractivity contribution is -0.141. The molecule has 3 atom stereocenters. The van der Waals surface area contributed by atoms with E-state index in [1.807, 2.05) is 63.4 Å². The topological polar surface area (TPSA) is 83.8 Å². The second-order valence-corrected chi connectivity index (χ2v) is 13.9. The number of benzene rings is 1. The van der Waals surface area contributed by atoms with Gasteiger partial charge in [0.1, 0.15) is 11.6 Å². The van der Waals surface area contributed by atoms with Gasteiger partial charge in [0.15, 0.2) is 0 Å². The lowest BCUT2D eigenvalue weighted by Crippen LogP contribution is -2.63. The van der Waals surface area contributed by atoms with E-state index in [0.29, 0.717) is 38.6 Å². The summed E-state index contributed by atoms with van der Waals surface area (Å²) in [4.78, 5) is 43.3. The highest BCUT2D eigenvalue weighted by atomic mass is 35.5. The largest absolute Gasteiger partial charge is 0.444 e. The highest BCUT2D eigenvalue weighted by Crippen LogP contribution is 2.38. The molecule has 44 heavy (non-hydrogen) atoms. The van der Waals surface area contributed by atoms with Crippen LogP contribution in [0.3, 0.4) is 0 Å². The molecule has 4 heterocycles. The number of nitrogens with zero attached hydrogens (tertiary/aromatic N) is 6. The number of rotatable bonds is 4. The monoisotopic (exact) mass is 618 g/mol. The number of ether oxygens (including phenoxy) is 1. The summed E-state index contributed by atoms with van der Waals surface area (Å²) in [5.74, 6) is 0.309. The van der Waals surface area contributed by atoms with E-state index in [1.165, 1.54) is 11.1 Å². The second kappa shape index (κ2) is 12.5. The average molecular weight is 619 g/mol. The van der Waals surface area contributed by atoms with E-state index in [9.17, 15) is 9.59 Å². The van der Waals surface area contributed by atoms with Gasteiger partial charge in [0.2, 0.25) is 5.91 Å². The Kier molecular flexibility index (Phi) is 8.70. The van der Waals surface area contributed by atoms with Gasteiger partial charge in [-0.15, -0.1) is 0 Å². The van der Waals surface area contributed by atoms with Crippen LogP contribution in [0.15, 0.2) is 49.1 Å². The highest BCUT2D eigenvalue weighted by Gasteiger charge is 2.43. The molecule has 2 saturated heterocycles. The summed E-state index contributed by atoms with van der Waals surface area (Å²) in [5.41, 5.74) is 4.91. The number of hydrogen-bond acceptors (Lipinski definition) is 6. The van der Waals surface area contributed by atoms with Crippen molar-refractivity contribution in [1.29, 1.82) is 0 Å². The number of carbonyl (C=O) groups excluding carboxylic acids is 2. The Balaban J connectivity index is 1.30. The molecule has 3 aliphatic rings. The van der Waals surface area contributed by atoms with Crippen molar-refractivity contribution < 1.29 is 14.3 Å². The Labute approximate surface area is 265 Å². The quantitative estimate of drug-likeness (QED) is 0.395. The number of fused-ring (bicyclic) bond motifs is 2. The van der Waals surface area contributed by atoms with Crippen molar-refractivity contribution in [2.75, 3.05) is 32.7 Å². The summed E-state index contributed by atoms with van der Waals surface area (Å²) in [6.45, 7) is 11.1. The summed E-state index contributed by atoms with van der Waals surface area (Å²) in [6, 6.07) is 9.44. The lowest BCUT2D eigenvalue weighted by atomic mass is 9.94. The number of pyridine rings is 1. The molecule has 0 radical (unpaired) electrons. The average Bonchev–Trinajstić information content (AvgIpc) is 3.32. The van der Waals surface area contributed by atoms with Gasteiger partial charge in [-0.2, -0.15) is 0 Å². The van der Waals surface area contributed by atoms with Gasteiger partial charge < -0.3 is 14.2 Å². The van der Waals surface area contributed by atoms with Crippen molar-refractivity contribution in [2.24, 2.45) is 5.92 Å². The summed E-state index contributed by atoms with van der Waals surface area (Å²) in [7, 11) is 0. The summed E-state index contributed by atoms with van der Waals surface area (Å²) >= 11 is 6.45. The van der Waals surface area contributed by atoms with Crippen LogP contribution in [0.25, 0.3) is 0 Å². The SMILES string of the molecule is Cc1cn(C[C@H]2CCCN(C(=O)[C@H]3CN(C4c5ccc(Cl)cc5CCc5cccnc54)CCN3C(=O)OC(C)(C)C)C2)cn1. The molecule has 1 aliphatic carbocycles. The number of piperazine rings is 1. The molecule has 3 aromatic rings. The molecule has 10 heteroatoms. The first kappa shape index (κ1) is 30.6. The molecule has 2 amide bonds. The van der Waals surface area contributed by atoms with E-state index in [-0.39, 0.29) is 11.9 Å². The minimum atomic E-state index is -0.668. The molecule has 9 nitrogen and oxygen atoms in total. The number of imidazole rings is 1. The van der Waals surface area contributed by atoms with Crippen LogP contribution in [-0.2, 0) is 28.9 Å². The van der Waals surface area contributed by atoms with Gasteiger partial charge in [0.25, 0.3) is 0 Å². The van der Waals surface area contributed by atoms with E-state index in [4.69, 9.17) is 21.3 Å². The predicted molar refractivity (Wildman–Crippen MR) is 170 cm³/mol. The van der Waals surface area contributed by atoms with Crippen molar-refractivity contribution in [3.8, 4) is 0 Å². The molecule has 0 bridgehead atoms. The van der Waals surface area contributed by atoms with Crippen LogP contribution in [0.5, 0.6) is 0 Å². The minimum absolute atomic E-state index is 0.0155. The maximum absolute atomic E-state index is 14.5. The number of aryl methyl sites for hydroxylation is 3. The smallest absolute Gasteiger partial charge is 0.411 e. The Morgan fingerprint density at radius 2 is 1.86 bits per heavy atom. The summed E-state index contributed by atoms with van der Waals surface area (Å²) in [5, 5.41) is 0.717. The van der Waals surface area contributed by atoms with Crippen molar-refractivity contribution in [1.82, 2.24) is 29.2 Å². The molecule has 6 rings (SSSR count). The Bertz CT molecular complexity index is 1520. The van der Waals surface area contributed by atoms with Crippen LogP contribution in [0.1, 0.15) is 67.7 Å². The third kappa shape index (κ3) is 6.64. The first-order valence-corrected chi connectivity index (χ1v) is 16.2. The zero-order valence-corrected chi connectivity index (χ0v) is 27.0. The highest BCUT2D eigenvalue weighted by molar-refractivity contribution is 6.30. The van der Waals surface area contributed by atoms with Gasteiger partial charge in [-0.05, 0) is 94.2 Å². The second-order valence-electron chi connectivity index (χ2n) is 13.5. The lowest BCUT2D eigenvalue weighted by Gasteiger charge is -2.46. The molecular weight excluding hydrogens is 576 g/mol. The normalized spacial score (nSPS) is 22.6. The predicted octanol–water partition coefficient (Wildman–Crippen LogP) is 5.29. The van der Waals surface area contributed by atoms with E-state index in [0.717, 1.165) is 54.2 Å². The molecule has 2 aromatic heterocycles. The van der Waals surface area contributed by atoms with Crippen molar-refractivity contribution >= 4 is 23.6 Å². The number of carbonyl (C=O) groups is 2. The van der Waals surface area contributed by atoms with Crippen LogP contribution >= 0.6 is 11.6 Å². The number of hydrogen-bond donors (Lipinski definition) is 0. The third-order valence-corrected chi connectivity index (χ3v) is 9.24. The Morgan fingerprint density at radius 3 is 2.64 bits per heavy atom. The van der Waals surface area contributed by atoms with Gasteiger partial charge >= 0.3 is 6.09 Å². The van der Waals surface area contributed by atoms with Crippen LogP contribution in [0.4, 0.5) is 4.79 Å². The van der Waals surface area contributed by atoms with Gasteiger partial charge in [0.05, 0.1) is 23.8 Å². The summed E-state index contributed by atoms with van der Waals surface area (Å²) < 4.78 is 7.95. The van der Waals surface area contributed by atoms with Crippen molar-refractivity contribution in [2.45, 2.75) is 77.6 Å². The molecule has 0 N–H and O–H groups in total. The standard InChI is InChI=1S/C34H43ClN6O3/c1-23-18-38(22-37-23)19-24-7-6-14-40(20-24)32(42)29-21-39(15-16-41(29)33(43)44-34(2,3)4)31-28-12-11-27(35)17-26(28)10-9-25-8-5-13-36-30(25)31/h5,8,11-13,17-18,22,24,29,31H,6-7,9-10,14-16,19-21H2,1-4H3/t24-,29-,31?/m1/s1. The maximum Gasteiger partial charge on any atom is 0.411 e. The number of aromatic nitrogens is 3. The Hall–Kier alpha value is -3.43.